The average Bonchev–Trinajstić information content (AvgIpc) is 2.73. The predicted molar refractivity (Wildman–Crippen MR) is 104 cm³/mol. The number of carbonyl (C=O) groups is 1. The van der Waals surface area contributed by atoms with Crippen molar-refractivity contribution in [3.8, 4) is 11.8 Å². The molecular weight excluding hydrogens is 360 g/mol. The van der Waals surface area contributed by atoms with Crippen molar-refractivity contribution in [2.24, 2.45) is 0 Å². The molecular formula is C20H18N4O4. The number of rotatable bonds is 5. The lowest BCUT2D eigenvalue weighted by Gasteiger charge is -2.29. The number of methoxy groups -OCH3 is 1. The van der Waals surface area contributed by atoms with E-state index in [1.165, 1.54) is 31.5 Å². The van der Waals surface area contributed by atoms with E-state index in [1.54, 1.807) is 4.90 Å². The fourth-order valence-electron chi connectivity index (χ4n) is 3.10. The van der Waals surface area contributed by atoms with Gasteiger partial charge in [0.1, 0.15) is 17.4 Å². The van der Waals surface area contributed by atoms with E-state index in [1.807, 2.05) is 30.3 Å². The molecule has 1 amide bonds. The molecule has 8 nitrogen and oxygen atoms in total. The van der Waals surface area contributed by atoms with Gasteiger partial charge in [-0.1, -0.05) is 18.2 Å². The topological polar surface area (TPSA) is 108 Å². The molecule has 0 saturated carbocycles. The zero-order valence-electron chi connectivity index (χ0n) is 15.2. The minimum Gasteiger partial charge on any atom is -0.495 e. The molecule has 142 valence electrons. The highest BCUT2D eigenvalue weighted by Crippen LogP contribution is 2.30. The number of hydrogen-bond acceptors (Lipinski definition) is 6. The number of anilines is 2. The summed E-state index contributed by atoms with van der Waals surface area (Å²) in [7, 11) is 1.43. The first-order valence-corrected chi connectivity index (χ1v) is 8.64. The van der Waals surface area contributed by atoms with Crippen LogP contribution in [0.15, 0.2) is 54.2 Å². The van der Waals surface area contributed by atoms with Gasteiger partial charge in [0.05, 0.1) is 17.7 Å². The van der Waals surface area contributed by atoms with Crippen molar-refractivity contribution in [1.82, 2.24) is 0 Å². The highest BCUT2D eigenvalue weighted by Gasteiger charge is 2.25. The molecule has 0 aromatic heterocycles. The summed E-state index contributed by atoms with van der Waals surface area (Å²) in [4.78, 5) is 24.9. The first kappa shape index (κ1) is 18.9. The van der Waals surface area contributed by atoms with Crippen LogP contribution in [0, 0.1) is 21.4 Å². The Morgan fingerprint density at radius 2 is 2.14 bits per heavy atom. The fourth-order valence-corrected chi connectivity index (χ4v) is 3.10. The Labute approximate surface area is 161 Å². The van der Waals surface area contributed by atoms with Gasteiger partial charge in [0.2, 0.25) is 0 Å². The highest BCUT2D eigenvalue weighted by molar-refractivity contribution is 6.09. The first-order chi connectivity index (χ1) is 13.5. The molecule has 1 aliphatic heterocycles. The number of carbonyl (C=O) groups excluding carboxylic acids is 1. The SMILES string of the molecule is COc1ccc([N+](=O)[O-])cc1N/C=C(/C#N)C(=O)N1CCCc2ccccc21. The molecule has 0 saturated heterocycles. The smallest absolute Gasteiger partial charge is 0.271 e. The van der Waals surface area contributed by atoms with Gasteiger partial charge in [-0.15, -0.1) is 0 Å². The number of nitrogens with zero attached hydrogens (tertiary/aromatic N) is 3. The molecule has 1 aliphatic rings. The summed E-state index contributed by atoms with van der Waals surface area (Å²) in [5, 5.41) is 23.3. The van der Waals surface area contributed by atoms with E-state index < -0.39 is 10.8 Å². The van der Waals surface area contributed by atoms with Gasteiger partial charge in [-0.3, -0.25) is 14.9 Å². The molecule has 3 rings (SSSR count). The van der Waals surface area contributed by atoms with Crippen molar-refractivity contribution in [2.45, 2.75) is 12.8 Å². The van der Waals surface area contributed by atoms with E-state index >= 15 is 0 Å². The quantitative estimate of drug-likeness (QED) is 0.370. The number of amides is 1. The molecule has 28 heavy (non-hydrogen) atoms. The Bertz CT molecular complexity index is 994. The molecule has 1 N–H and O–H groups in total. The van der Waals surface area contributed by atoms with Gasteiger partial charge in [0.25, 0.3) is 11.6 Å². The molecule has 1 heterocycles. The number of nitriles is 1. The summed E-state index contributed by atoms with van der Waals surface area (Å²) >= 11 is 0. The molecule has 2 aromatic carbocycles. The maximum absolute atomic E-state index is 12.9. The molecule has 0 unspecified atom stereocenters. The van der Waals surface area contributed by atoms with Gasteiger partial charge in [0.15, 0.2) is 0 Å². The van der Waals surface area contributed by atoms with Crippen molar-refractivity contribution in [3.63, 3.8) is 0 Å². The van der Waals surface area contributed by atoms with Crippen molar-refractivity contribution in [3.05, 3.63) is 69.9 Å². The van der Waals surface area contributed by atoms with Gasteiger partial charge in [-0.05, 0) is 30.5 Å². The lowest BCUT2D eigenvalue weighted by atomic mass is 10.0. The van der Waals surface area contributed by atoms with Crippen molar-refractivity contribution < 1.29 is 14.5 Å². The van der Waals surface area contributed by atoms with Gasteiger partial charge < -0.3 is 15.0 Å². The molecule has 0 radical (unpaired) electrons. The van der Waals surface area contributed by atoms with Crippen LogP contribution in [0.3, 0.4) is 0 Å². The number of benzene rings is 2. The lowest BCUT2D eigenvalue weighted by molar-refractivity contribution is -0.384. The van der Waals surface area contributed by atoms with Gasteiger partial charge in [-0.2, -0.15) is 5.26 Å². The number of ether oxygens (including phenoxy) is 1. The van der Waals surface area contributed by atoms with Gasteiger partial charge in [0, 0.05) is 30.6 Å². The molecule has 0 aliphatic carbocycles. The van der Waals surface area contributed by atoms with Crippen LogP contribution in [0.5, 0.6) is 5.75 Å². The summed E-state index contributed by atoms with van der Waals surface area (Å²) in [6, 6.07) is 13.6. The minimum atomic E-state index is -0.532. The Morgan fingerprint density at radius 3 is 2.86 bits per heavy atom. The number of nitro groups is 1. The summed E-state index contributed by atoms with van der Waals surface area (Å²) in [5.74, 6) is -0.0681. The van der Waals surface area contributed by atoms with Crippen molar-refractivity contribution in [2.75, 3.05) is 23.9 Å². The molecule has 0 bridgehead atoms. The van der Waals surface area contributed by atoms with Crippen LogP contribution in [0.4, 0.5) is 17.1 Å². The van der Waals surface area contributed by atoms with Crippen LogP contribution in [-0.2, 0) is 11.2 Å². The Morgan fingerprint density at radius 1 is 1.36 bits per heavy atom. The maximum atomic E-state index is 12.9. The number of para-hydroxylation sites is 1. The number of hydrogen-bond donors (Lipinski definition) is 1. The van der Waals surface area contributed by atoms with Crippen LogP contribution in [-0.4, -0.2) is 24.5 Å². The zero-order chi connectivity index (χ0) is 20.1. The van der Waals surface area contributed by atoms with E-state index in [-0.39, 0.29) is 16.9 Å². The number of nitrogens with one attached hydrogen (secondary N) is 1. The van der Waals surface area contributed by atoms with Gasteiger partial charge in [-0.25, -0.2) is 0 Å². The van der Waals surface area contributed by atoms with E-state index in [4.69, 9.17) is 4.74 Å². The molecule has 0 spiro atoms. The van der Waals surface area contributed by atoms with E-state index in [0.717, 1.165) is 24.1 Å². The third-order valence-corrected chi connectivity index (χ3v) is 4.47. The highest BCUT2D eigenvalue weighted by atomic mass is 16.6. The third-order valence-electron chi connectivity index (χ3n) is 4.47. The molecule has 0 atom stereocenters. The van der Waals surface area contributed by atoms with Crippen LogP contribution in [0.25, 0.3) is 0 Å². The monoisotopic (exact) mass is 378 g/mol. The summed E-state index contributed by atoms with van der Waals surface area (Å²) in [5.41, 5.74) is 1.91. The number of non-ortho nitro benzene ring substituents is 1. The number of fused-ring (bicyclic) bond motifs is 1. The standard InChI is InChI=1S/C20H18N4O4/c1-28-19-9-8-16(24(26)27)11-17(19)22-13-15(12-21)20(25)23-10-4-6-14-5-2-3-7-18(14)23/h2-3,5,7-9,11,13,22H,4,6,10H2,1H3/b15-13-. The Hall–Kier alpha value is -3.86. The van der Waals surface area contributed by atoms with E-state index in [2.05, 4.69) is 5.32 Å². The number of nitro benzene ring substituents is 1. The summed E-state index contributed by atoms with van der Waals surface area (Å²) in [6.07, 6.45) is 2.95. The number of aryl methyl sites for hydroxylation is 1. The lowest BCUT2D eigenvalue weighted by Crippen LogP contribution is -2.36. The van der Waals surface area contributed by atoms with Crippen LogP contribution in [0.1, 0.15) is 12.0 Å². The van der Waals surface area contributed by atoms with Crippen molar-refractivity contribution in [1.29, 1.82) is 5.26 Å². The second kappa shape index (κ2) is 8.22. The Balaban J connectivity index is 1.88. The maximum Gasteiger partial charge on any atom is 0.271 e. The predicted octanol–water partition coefficient (Wildman–Crippen LogP) is 3.40. The van der Waals surface area contributed by atoms with Crippen molar-refractivity contribution >= 4 is 23.0 Å². The normalized spacial score (nSPS) is 13.3. The van der Waals surface area contributed by atoms with Gasteiger partial charge >= 0.3 is 0 Å². The minimum absolute atomic E-state index is 0.106. The summed E-state index contributed by atoms with van der Waals surface area (Å²) < 4.78 is 5.18. The van der Waals surface area contributed by atoms with Crippen LogP contribution >= 0.6 is 0 Å². The van der Waals surface area contributed by atoms with E-state index in [0.29, 0.717) is 12.3 Å². The summed E-state index contributed by atoms with van der Waals surface area (Å²) in [6.45, 7) is 0.523. The molecule has 0 fully saturated rings. The third kappa shape index (κ3) is 3.78. The van der Waals surface area contributed by atoms with Crippen LogP contribution < -0.4 is 15.0 Å². The fraction of sp³-hybridized carbons (Fsp3) is 0.200. The largest absolute Gasteiger partial charge is 0.495 e. The molecule has 2 aromatic rings. The second-order valence-corrected chi connectivity index (χ2v) is 6.14. The second-order valence-electron chi connectivity index (χ2n) is 6.14. The first-order valence-electron chi connectivity index (χ1n) is 8.64. The average molecular weight is 378 g/mol. The molecule has 8 heteroatoms. The van der Waals surface area contributed by atoms with E-state index in [9.17, 15) is 20.2 Å². The van der Waals surface area contributed by atoms with Crippen LogP contribution in [0.2, 0.25) is 0 Å². The Kier molecular flexibility index (Phi) is 5.56. The zero-order valence-corrected chi connectivity index (χ0v) is 15.2.